The molecule has 2 saturated carbocycles. The molecule has 36 heavy (non-hydrogen) atoms. The summed E-state index contributed by atoms with van der Waals surface area (Å²) in [5.74, 6) is -0.714. The Morgan fingerprint density at radius 2 is 1.69 bits per heavy atom. The van der Waals surface area contributed by atoms with Gasteiger partial charge in [-0.05, 0) is 57.9 Å². The summed E-state index contributed by atoms with van der Waals surface area (Å²) in [6, 6.07) is 4.68. The van der Waals surface area contributed by atoms with Crippen molar-refractivity contribution in [3.63, 3.8) is 0 Å². The molecule has 1 aromatic carbocycles. The Bertz CT molecular complexity index is 935. The number of para-hydroxylation sites is 1. The molecule has 4 atom stereocenters. The van der Waals surface area contributed by atoms with Gasteiger partial charge in [-0.15, -0.1) is 0 Å². The van der Waals surface area contributed by atoms with Gasteiger partial charge < -0.3 is 25.4 Å². The van der Waals surface area contributed by atoms with Gasteiger partial charge in [0.1, 0.15) is 23.4 Å². The van der Waals surface area contributed by atoms with Crippen molar-refractivity contribution >= 4 is 17.9 Å². The van der Waals surface area contributed by atoms with Crippen molar-refractivity contribution < 1.29 is 24.2 Å². The quantitative estimate of drug-likeness (QED) is 0.480. The molecular formula is C28H43N3O5. The zero-order valence-corrected chi connectivity index (χ0v) is 22.5. The molecule has 0 bridgehead atoms. The molecule has 0 aromatic heterocycles. The molecule has 0 saturated heterocycles. The lowest BCUT2D eigenvalue weighted by Crippen LogP contribution is -2.56. The molecule has 3 rings (SSSR count). The van der Waals surface area contributed by atoms with Crippen molar-refractivity contribution in [3.8, 4) is 5.75 Å². The fourth-order valence-corrected chi connectivity index (χ4v) is 4.94. The van der Waals surface area contributed by atoms with Gasteiger partial charge in [-0.2, -0.15) is 0 Å². The number of amides is 3. The highest BCUT2D eigenvalue weighted by Crippen LogP contribution is 2.42. The number of phenolic OH excluding ortho intramolecular Hbond substituents is 1. The van der Waals surface area contributed by atoms with Gasteiger partial charge in [0.25, 0.3) is 0 Å². The zero-order chi connectivity index (χ0) is 26.6. The highest BCUT2D eigenvalue weighted by atomic mass is 16.6. The van der Waals surface area contributed by atoms with Gasteiger partial charge in [0.2, 0.25) is 11.8 Å². The lowest BCUT2D eigenvalue weighted by Gasteiger charge is -2.37. The Kier molecular flexibility index (Phi) is 8.90. The summed E-state index contributed by atoms with van der Waals surface area (Å²) in [7, 11) is 0. The molecule has 0 spiro atoms. The summed E-state index contributed by atoms with van der Waals surface area (Å²) in [6.07, 6.45) is 5.16. The van der Waals surface area contributed by atoms with E-state index in [4.69, 9.17) is 4.74 Å². The second-order valence-electron chi connectivity index (χ2n) is 11.7. The molecule has 2 aliphatic rings. The lowest BCUT2D eigenvalue weighted by molar-refractivity contribution is -0.144. The van der Waals surface area contributed by atoms with Crippen LogP contribution >= 0.6 is 0 Å². The number of phenols is 1. The molecule has 3 amide bonds. The first-order valence-electron chi connectivity index (χ1n) is 13.3. The van der Waals surface area contributed by atoms with Crippen LogP contribution in [0.1, 0.15) is 91.7 Å². The average Bonchev–Trinajstić information content (AvgIpc) is 3.51. The van der Waals surface area contributed by atoms with E-state index in [1.165, 1.54) is 6.07 Å². The molecule has 2 fully saturated rings. The van der Waals surface area contributed by atoms with Gasteiger partial charge in [-0.3, -0.25) is 9.59 Å². The number of nitrogens with one attached hydrogen (secondary N) is 2. The molecule has 8 nitrogen and oxygen atoms in total. The van der Waals surface area contributed by atoms with Gasteiger partial charge in [-0.1, -0.05) is 58.2 Å². The molecule has 3 N–H and O–H groups in total. The maximum Gasteiger partial charge on any atom is 0.408 e. The SMILES string of the molecule is CC(C)C(NC(=O)OC(C)(C)C)C(=O)N(C(C(=O)NC1CCCCC1)c1ccccc1O)C1CC1C. The van der Waals surface area contributed by atoms with Crippen LogP contribution in [0.15, 0.2) is 24.3 Å². The molecule has 4 unspecified atom stereocenters. The van der Waals surface area contributed by atoms with Crippen LogP contribution in [-0.2, 0) is 14.3 Å². The summed E-state index contributed by atoms with van der Waals surface area (Å²) < 4.78 is 5.42. The maximum atomic E-state index is 14.1. The minimum atomic E-state index is -1.00. The van der Waals surface area contributed by atoms with Crippen molar-refractivity contribution in [2.24, 2.45) is 11.8 Å². The Hall–Kier alpha value is -2.77. The molecule has 1 aromatic rings. The minimum absolute atomic E-state index is 0.0337. The second kappa shape index (κ2) is 11.5. The van der Waals surface area contributed by atoms with E-state index in [9.17, 15) is 19.5 Å². The molecule has 0 heterocycles. The standard InChI is InChI=1S/C28H43N3O5/c1-17(2)23(30-27(35)36-28(4,5)6)26(34)31(21-16-18(21)3)24(20-14-10-11-15-22(20)32)25(33)29-19-12-8-7-9-13-19/h10-11,14-15,17-19,21,23-24,32H,7-9,12-13,16H2,1-6H3,(H,29,33)(H,30,35). The summed E-state index contributed by atoms with van der Waals surface area (Å²) in [6.45, 7) is 11.0. The monoisotopic (exact) mass is 501 g/mol. The summed E-state index contributed by atoms with van der Waals surface area (Å²) in [5, 5.41) is 16.7. The number of carbonyl (C=O) groups is 3. The molecule has 8 heteroatoms. The normalized spacial score (nSPS) is 21.9. The summed E-state index contributed by atoms with van der Waals surface area (Å²) in [5.41, 5.74) is -0.324. The highest BCUT2D eigenvalue weighted by Gasteiger charge is 2.49. The summed E-state index contributed by atoms with van der Waals surface area (Å²) in [4.78, 5) is 42.2. The summed E-state index contributed by atoms with van der Waals surface area (Å²) >= 11 is 0. The first-order chi connectivity index (χ1) is 16.9. The highest BCUT2D eigenvalue weighted by molar-refractivity contribution is 5.93. The maximum absolute atomic E-state index is 14.1. The van der Waals surface area contributed by atoms with Gasteiger partial charge >= 0.3 is 6.09 Å². The number of hydrogen-bond acceptors (Lipinski definition) is 5. The number of ether oxygens (including phenoxy) is 1. The van der Waals surface area contributed by atoms with Crippen molar-refractivity contribution in [1.82, 2.24) is 15.5 Å². The molecule has 2 aliphatic carbocycles. The van der Waals surface area contributed by atoms with E-state index >= 15 is 0 Å². The van der Waals surface area contributed by atoms with Gasteiger partial charge in [0.15, 0.2) is 0 Å². The van der Waals surface area contributed by atoms with Crippen LogP contribution in [0.5, 0.6) is 5.75 Å². The van der Waals surface area contributed by atoms with E-state index < -0.39 is 23.8 Å². The first kappa shape index (κ1) is 27.8. The Balaban J connectivity index is 1.96. The van der Waals surface area contributed by atoms with Crippen LogP contribution in [0.25, 0.3) is 0 Å². The van der Waals surface area contributed by atoms with E-state index in [0.29, 0.717) is 5.56 Å². The largest absolute Gasteiger partial charge is 0.508 e. The zero-order valence-electron chi connectivity index (χ0n) is 22.5. The van der Waals surface area contributed by atoms with Crippen molar-refractivity contribution in [2.75, 3.05) is 0 Å². The fourth-order valence-electron chi connectivity index (χ4n) is 4.94. The van der Waals surface area contributed by atoms with Crippen LogP contribution < -0.4 is 10.6 Å². The van der Waals surface area contributed by atoms with E-state index in [0.717, 1.165) is 38.5 Å². The molecule has 0 aliphatic heterocycles. The Morgan fingerprint density at radius 1 is 1.08 bits per heavy atom. The number of hydrogen-bond donors (Lipinski definition) is 3. The third kappa shape index (κ3) is 7.14. The number of alkyl carbamates (subject to hydrolysis) is 1. The predicted molar refractivity (Wildman–Crippen MR) is 138 cm³/mol. The van der Waals surface area contributed by atoms with Crippen LogP contribution in [0, 0.1) is 11.8 Å². The third-order valence-electron chi connectivity index (χ3n) is 6.99. The van der Waals surface area contributed by atoms with Crippen LogP contribution in [-0.4, -0.2) is 51.6 Å². The third-order valence-corrected chi connectivity index (χ3v) is 6.99. The van der Waals surface area contributed by atoms with Crippen LogP contribution in [0.4, 0.5) is 4.79 Å². The van der Waals surface area contributed by atoms with Gasteiger partial charge in [0, 0.05) is 17.6 Å². The van der Waals surface area contributed by atoms with E-state index in [1.807, 2.05) is 20.8 Å². The van der Waals surface area contributed by atoms with Gasteiger partial charge in [-0.25, -0.2) is 4.79 Å². The minimum Gasteiger partial charge on any atom is -0.508 e. The topological polar surface area (TPSA) is 108 Å². The van der Waals surface area contributed by atoms with Gasteiger partial charge in [0.05, 0.1) is 0 Å². The van der Waals surface area contributed by atoms with Crippen LogP contribution in [0.3, 0.4) is 0 Å². The Morgan fingerprint density at radius 3 is 2.22 bits per heavy atom. The smallest absolute Gasteiger partial charge is 0.408 e. The average molecular weight is 502 g/mol. The Labute approximate surface area is 215 Å². The molecule has 0 radical (unpaired) electrons. The molecule has 200 valence electrons. The predicted octanol–water partition coefficient (Wildman–Crippen LogP) is 4.67. The molecular weight excluding hydrogens is 458 g/mol. The number of benzene rings is 1. The van der Waals surface area contributed by atoms with Crippen LogP contribution in [0.2, 0.25) is 0 Å². The number of aromatic hydroxyl groups is 1. The number of nitrogens with zero attached hydrogens (tertiary/aromatic N) is 1. The first-order valence-corrected chi connectivity index (χ1v) is 13.3. The van der Waals surface area contributed by atoms with E-state index in [1.54, 1.807) is 43.9 Å². The van der Waals surface area contributed by atoms with Crippen molar-refractivity contribution in [1.29, 1.82) is 0 Å². The van der Waals surface area contributed by atoms with E-state index in [-0.39, 0.29) is 41.5 Å². The fraction of sp³-hybridized carbons (Fsp3) is 0.679. The van der Waals surface area contributed by atoms with Crippen molar-refractivity contribution in [2.45, 2.75) is 110 Å². The second-order valence-corrected chi connectivity index (χ2v) is 11.7. The van der Waals surface area contributed by atoms with Crippen molar-refractivity contribution in [3.05, 3.63) is 29.8 Å². The lowest BCUT2D eigenvalue weighted by atomic mass is 9.94. The number of rotatable bonds is 8. The number of carbonyl (C=O) groups excluding carboxylic acids is 3. The van der Waals surface area contributed by atoms with E-state index in [2.05, 4.69) is 10.6 Å².